The number of azide groups is 1. The van der Waals surface area contributed by atoms with E-state index in [1.807, 2.05) is 0 Å². The molecule has 0 atom stereocenters. The van der Waals surface area contributed by atoms with Crippen LogP contribution >= 0.6 is 0 Å². The third-order valence-electron chi connectivity index (χ3n) is 9.83. The Morgan fingerprint density at radius 1 is 0.642 bits per heavy atom. The van der Waals surface area contributed by atoms with Crippen molar-refractivity contribution in [3.05, 3.63) is 39.8 Å². The summed E-state index contributed by atoms with van der Waals surface area (Å²) in [6.45, 7) is 9.26. The van der Waals surface area contributed by atoms with Gasteiger partial charge in [-0.1, -0.05) is 25.4 Å². The second-order valence-electron chi connectivity index (χ2n) is 18.0. The molecule has 7 N–H and O–H groups in total. The number of carboxylic acids is 4. The number of benzene rings is 1. The molecule has 0 bridgehead atoms. The zero-order valence-corrected chi connectivity index (χ0v) is 39.5. The summed E-state index contributed by atoms with van der Waals surface area (Å²) in [6, 6.07) is 4.09. The third-order valence-corrected chi connectivity index (χ3v) is 9.83. The highest BCUT2D eigenvalue weighted by Crippen LogP contribution is 2.27. The molecule has 1 aromatic rings. The van der Waals surface area contributed by atoms with Gasteiger partial charge < -0.3 is 60.4 Å². The van der Waals surface area contributed by atoms with Gasteiger partial charge in [-0.25, -0.2) is 0 Å². The van der Waals surface area contributed by atoms with Crippen LogP contribution in [-0.4, -0.2) is 161 Å². The van der Waals surface area contributed by atoms with Gasteiger partial charge in [0.2, 0.25) is 17.7 Å². The van der Waals surface area contributed by atoms with Gasteiger partial charge in [-0.05, 0) is 91.0 Å². The standard InChI is InChI=1S/C43H66N8O16/c1-40(2,38(63)50(23-32(53)54)24-33(55)56)14-18-66-43(7,8)48-37(62)29-20-28(21-30(22-29)65-19-17-45-31(52)12-10-9-11-15-47-49-44)36(61)46-16-13-42(5,6)67-27-41(3,4)39(64)51(25-34(57)58)26-35(59)60/h20-22H,9-19,23-27H2,1-8H3,(H,45,52)(H,46,61)(H,48,62)(H,53,54)(H,55,56)(H,57,58)(H,59,60). The number of carbonyl (C=O) groups excluding carboxylic acids is 5. The van der Waals surface area contributed by atoms with E-state index in [9.17, 15) is 63.6 Å². The average molecular weight is 951 g/mol. The zero-order valence-electron chi connectivity index (χ0n) is 39.5. The Balaban J connectivity index is 3.15. The minimum absolute atomic E-state index is 0.0123. The van der Waals surface area contributed by atoms with Crippen molar-refractivity contribution in [3.8, 4) is 5.75 Å². The Morgan fingerprint density at radius 2 is 1.16 bits per heavy atom. The molecule has 0 saturated heterocycles. The highest BCUT2D eigenvalue weighted by Gasteiger charge is 2.37. The lowest BCUT2D eigenvalue weighted by molar-refractivity contribution is -0.157. The molecule has 0 fully saturated rings. The van der Waals surface area contributed by atoms with Crippen LogP contribution in [-0.2, 0) is 43.0 Å². The minimum Gasteiger partial charge on any atom is -0.492 e. The molecular formula is C43H66N8O16. The first-order chi connectivity index (χ1) is 31.0. The van der Waals surface area contributed by atoms with Gasteiger partial charge in [-0.3, -0.25) is 43.2 Å². The van der Waals surface area contributed by atoms with E-state index in [4.69, 9.17) is 19.7 Å². The number of carboxylic acid groups (broad SMARTS) is 4. The lowest BCUT2D eigenvalue weighted by Crippen LogP contribution is -2.48. The molecule has 0 spiro atoms. The van der Waals surface area contributed by atoms with Crippen molar-refractivity contribution in [2.24, 2.45) is 15.9 Å². The van der Waals surface area contributed by atoms with Crippen LogP contribution in [0.25, 0.3) is 10.4 Å². The molecule has 0 aromatic heterocycles. The first kappa shape index (κ1) is 58.5. The van der Waals surface area contributed by atoms with Crippen molar-refractivity contribution < 1.29 is 77.8 Å². The smallest absolute Gasteiger partial charge is 0.323 e. The van der Waals surface area contributed by atoms with E-state index in [-0.39, 0.29) is 75.0 Å². The van der Waals surface area contributed by atoms with E-state index in [1.54, 1.807) is 13.8 Å². The SMILES string of the molecule is CC(C)(CCNC(=O)c1cc(OCCNC(=O)CCCCCN=[N+]=[N-])cc(C(=O)NC(C)(C)OCCC(C)(C)C(=O)N(CC(=O)O)CC(=O)O)c1)OCC(C)(C)C(=O)N(CC(=O)O)CC(=O)O. The summed E-state index contributed by atoms with van der Waals surface area (Å²) in [4.78, 5) is 115. The number of carbonyl (C=O) groups is 9. The van der Waals surface area contributed by atoms with E-state index in [1.165, 1.54) is 59.7 Å². The van der Waals surface area contributed by atoms with Crippen LogP contribution in [0.15, 0.2) is 23.3 Å². The van der Waals surface area contributed by atoms with Crippen LogP contribution in [0.4, 0.5) is 0 Å². The van der Waals surface area contributed by atoms with Crippen LogP contribution in [0.5, 0.6) is 5.75 Å². The fourth-order valence-corrected chi connectivity index (χ4v) is 6.13. The van der Waals surface area contributed by atoms with Gasteiger partial charge >= 0.3 is 23.9 Å². The number of unbranched alkanes of at least 4 members (excludes halogenated alkanes) is 2. The quantitative estimate of drug-likeness (QED) is 0.0175. The summed E-state index contributed by atoms with van der Waals surface area (Å²) in [5.74, 6) is -8.44. The number of rotatable bonds is 33. The number of hydrogen-bond acceptors (Lipinski definition) is 13. The molecule has 374 valence electrons. The van der Waals surface area contributed by atoms with Crippen LogP contribution in [0.1, 0.15) is 115 Å². The van der Waals surface area contributed by atoms with Crippen molar-refractivity contribution in [2.45, 2.75) is 105 Å². The monoisotopic (exact) mass is 950 g/mol. The van der Waals surface area contributed by atoms with Crippen LogP contribution in [0.2, 0.25) is 0 Å². The highest BCUT2D eigenvalue weighted by molar-refractivity contribution is 6.00. The summed E-state index contributed by atoms with van der Waals surface area (Å²) in [5, 5.41) is 48.4. The van der Waals surface area contributed by atoms with E-state index in [0.717, 1.165) is 0 Å². The van der Waals surface area contributed by atoms with Crippen LogP contribution < -0.4 is 20.7 Å². The summed E-state index contributed by atoms with van der Waals surface area (Å²) >= 11 is 0. The molecule has 0 aliphatic heterocycles. The Bertz CT molecular complexity index is 1950. The maximum atomic E-state index is 13.7. The van der Waals surface area contributed by atoms with Gasteiger partial charge in [0.05, 0.1) is 30.8 Å². The number of ether oxygens (including phenoxy) is 3. The Hall–Kier alpha value is -6.52. The molecular weight excluding hydrogens is 885 g/mol. The largest absolute Gasteiger partial charge is 0.492 e. The first-order valence-corrected chi connectivity index (χ1v) is 21.4. The van der Waals surface area contributed by atoms with E-state index in [0.29, 0.717) is 35.6 Å². The van der Waals surface area contributed by atoms with Crippen molar-refractivity contribution in [3.63, 3.8) is 0 Å². The van der Waals surface area contributed by atoms with Crippen LogP contribution in [0.3, 0.4) is 0 Å². The number of nitrogens with zero attached hydrogens (tertiary/aromatic N) is 5. The maximum absolute atomic E-state index is 13.7. The Labute approximate surface area is 388 Å². The molecule has 0 aliphatic carbocycles. The third kappa shape index (κ3) is 23.5. The molecule has 0 saturated carbocycles. The molecule has 0 unspecified atom stereocenters. The molecule has 1 rings (SSSR count). The van der Waals surface area contributed by atoms with Gasteiger partial charge in [-0.15, -0.1) is 0 Å². The average Bonchev–Trinajstić information content (AvgIpc) is 3.20. The topological polar surface area (TPSA) is 354 Å². The summed E-state index contributed by atoms with van der Waals surface area (Å²) < 4.78 is 17.8. The van der Waals surface area contributed by atoms with Crippen molar-refractivity contribution in [1.29, 1.82) is 0 Å². The molecule has 5 amide bonds. The second kappa shape index (κ2) is 27.2. The van der Waals surface area contributed by atoms with Gasteiger partial charge in [0, 0.05) is 41.0 Å². The molecule has 1 aromatic carbocycles. The van der Waals surface area contributed by atoms with Gasteiger partial charge in [0.15, 0.2) is 0 Å². The van der Waals surface area contributed by atoms with Crippen molar-refractivity contribution in [2.75, 3.05) is 65.6 Å². The van der Waals surface area contributed by atoms with E-state index >= 15 is 0 Å². The van der Waals surface area contributed by atoms with Crippen molar-refractivity contribution >= 4 is 53.4 Å². The van der Waals surface area contributed by atoms with E-state index < -0.39 is 95.8 Å². The van der Waals surface area contributed by atoms with Crippen LogP contribution in [0, 0.1) is 10.8 Å². The predicted molar refractivity (Wildman–Crippen MR) is 238 cm³/mol. The number of hydrogen-bond donors (Lipinski definition) is 7. The minimum atomic E-state index is -1.39. The molecule has 67 heavy (non-hydrogen) atoms. The second-order valence-corrected chi connectivity index (χ2v) is 18.0. The summed E-state index contributed by atoms with van der Waals surface area (Å²) in [6.07, 6.45) is 2.39. The first-order valence-electron chi connectivity index (χ1n) is 21.4. The molecule has 24 heteroatoms. The van der Waals surface area contributed by atoms with Gasteiger partial charge in [-0.2, -0.15) is 0 Å². The lowest BCUT2D eigenvalue weighted by Gasteiger charge is -2.34. The normalized spacial score (nSPS) is 11.6. The fraction of sp³-hybridized carbons (Fsp3) is 0.651. The Kier molecular flexibility index (Phi) is 23.7. The molecule has 0 heterocycles. The van der Waals surface area contributed by atoms with Crippen molar-refractivity contribution in [1.82, 2.24) is 25.8 Å². The van der Waals surface area contributed by atoms with Gasteiger partial charge in [0.1, 0.15) is 44.3 Å². The molecule has 24 nitrogen and oxygen atoms in total. The lowest BCUT2D eigenvalue weighted by atomic mass is 9.88. The predicted octanol–water partition coefficient (Wildman–Crippen LogP) is 2.89. The summed E-state index contributed by atoms with van der Waals surface area (Å²) in [5.41, 5.74) is 3.48. The van der Waals surface area contributed by atoms with E-state index in [2.05, 4.69) is 26.0 Å². The number of aliphatic carboxylic acids is 4. The zero-order chi connectivity index (χ0) is 51.2. The highest BCUT2D eigenvalue weighted by atomic mass is 16.5. The molecule has 0 aliphatic rings. The number of nitrogens with one attached hydrogen (secondary N) is 3. The Morgan fingerprint density at radius 3 is 1.69 bits per heavy atom. The summed E-state index contributed by atoms with van der Waals surface area (Å²) in [7, 11) is 0. The fourth-order valence-electron chi connectivity index (χ4n) is 6.13. The maximum Gasteiger partial charge on any atom is 0.323 e. The number of amides is 5. The molecule has 0 radical (unpaired) electrons. The van der Waals surface area contributed by atoms with Gasteiger partial charge in [0.25, 0.3) is 11.8 Å².